The maximum Gasteiger partial charge on any atom is 0.312 e. The zero-order valence-electron chi connectivity index (χ0n) is 9.38. The van der Waals surface area contributed by atoms with E-state index in [-0.39, 0.29) is 11.7 Å². The highest BCUT2D eigenvalue weighted by Crippen LogP contribution is 2.38. The monoisotopic (exact) mass is 213 g/mol. The van der Waals surface area contributed by atoms with E-state index in [1.165, 1.54) is 0 Å². The Morgan fingerprint density at radius 2 is 2.20 bits per heavy atom. The second-order valence-corrected chi connectivity index (χ2v) is 5.43. The van der Waals surface area contributed by atoms with Crippen LogP contribution in [0.3, 0.4) is 0 Å². The summed E-state index contributed by atoms with van der Waals surface area (Å²) in [6.45, 7) is 5.31. The zero-order valence-corrected chi connectivity index (χ0v) is 9.38. The minimum atomic E-state index is -0.686. The normalized spacial score (nSPS) is 32.3. The Hall–Kier alpha value is -0.610. The van der Waals surface area contributed by atoms with E-state index in [0.29, 0.717) is 19.5 Å². The maximum absolute atomic E-state index is 11.2. The molecule has 2 aliphatic rings. The molecule has 2 saturated heterocycles. The topological polar surface area (TPSA) is 58.6 Å². The van der Waals surface area contributed by atoms with Gasteiger partial charge in [0.25, 0.3) is 0 Å². The predicted molar refractivity (Wildman–Crippen MR) is 55.7 cm³/mol. The van der Waals surface area contributed by atoms with Gasteiger partial charge in [-0.05, 0) is 33.1 Å². The smallest absolute Gasteiger partial charge is 0.312 e. The van der Waals surface area contributed by atoms with Gasteiger partial charge in [-0.25, -0.2) is 0 Å². The van der Waals surface area contributed by atoms with E-state index in [1.54, 1.807) is 0 Å². The number of carboxylic acids is 1. The molecule has 0 bridgehead atoms. The number of carbonyl (C=O) groups is 1. The minimum Gasteiger partial charge on any atom is -0.481 e. The molecule has 0 aromatic carbocycles. The summed E-state index contributed by atoms with van der Waals surface area (Å²) < 4.78 is 5.84. The second-order valence-electron chi connectivity index (χ2n) is 5.43. The molecular formula is C11H19NO3. The molecule has 1 atom stereocenters. The fraction of sp³-hybridized carbons (Fsp3) is 0.909. The van der Waals surface area contributed by atoms with Gasteiger partial charge in [-0.2, -0.15) is 0 Å². The van der Waals surface area contributed by atoms with Gasteiger partial charge in [-0.15, -0.1) is 0 Å². The zero-order chi connectivity index (χ0) is 11.1. The third-order valence-corrected chi connectivity index (χ3v) is 3.55. The molecule has 2 fully saturated rings. The van der Waals surface area contributed by atoms with Crippen LogP contribution in [0.5, 0.6) is 0 Å². The summed E-state index contributed by atoms with van der Waals surface area (Å²) in [4.78, 5) is 11.2. The fourth-order valence-corrected chi connectivity index (χ4v) is 2.47. The van der Waals surface area contributed by atoms with E-state index >= 15 is 0 Å². The first-order valence-corrected chi connectivity index (χ1v) is 5.56. The SMILES string of the molecule is CC1(C)CCC(CC2(C(=O)O)CNC2)O1. The summed E-state index contributed by atoms with van der Waals surface area (Å²) in [6, 6.07) is 0. The Balaban J connectivity index is 1.94. The van der Waals surface area contributed by atoms with Gasteiger partial charge in [0, 0.05) is 13.1 Å². The van der Waals surface area contributed by atoms with E-state index in [2.05, 4.69) is 19.2 Å². The summed E-state index contributed by atoms with van der Waals surface area (Å²) in [5.41, 5.74) is -0.632. The number of carboxylic acid groups (broad SMARTS) is 1. The first kappa shape index (κ1) is 10.9. The highest BCUT2D eigenvalue weighted by molar-refractivity contribution is 5.76. The summed E-state index contributed by atoms with van der Waals surface area (Å²) in [5, 5.41) is 12.2. The lowest BCUT2D eigenvalue weighted by atomic mass is 9.76. The first-order valence-electron chi connectivity index (χ1n) is 5.56. The van der Waals surface area contributed by atoms with Crippen molar-refractivity contribution in [2.75, 3.05) is 13.1 Å². The van der Waals surface area contributed by atoms with Crippen LogP contribution in [0, 0.1) is 5.41 Å². The van der Waals surface area contributed by atoms with E-state index in [0.717, 1.165) is 12.8 Å². The van der Waals surface area contributed by atoms with Gasteiger partial charge >= 0.3 is 5.97 Å². The molecule has 4 nitrogen and oxygen atoms in total. The van der Waals surface area contributed by atoms with E-state index in [1.807, 2.05) is 0 Å². The van der Waals surface area contributed by atoms with Gasteiger partial charge in [0.15, 0.2) is 0 Å². The van der Waals surface area contributed by atoms with Gasteiger partial charge in [0.1, 0.15) is 0 Å². The van der Waals surface area contributed by atoms with Crippen LogP contribution in [0.4, 0.5) is 0 Å². The molecule has 0 aromatic heterocycles. The number of rotatable bonds is 3. The van der Waals surface area contributed by atoms with E-state index in [4.69, 9.17) is 4.74 Å². The van der Waals surface area contributed by atoms with Crippen LogP contribution in [0.2, 0.25) is 0 Å². The van der Waals surface area contributed by atoms with E-state index in [9.17, 15) is 9.90 Å². The Morgan fingerprint density at radius 3 is 2.53 bits per heavy atom. The van der Waals surface area contributed by atoms with Crippen LogP contribution in [-0.4, -0.2) is 35.9 Å². The van der Waals surface area contributed by atoms with Crippen LogP contribution in [0.1, 0.15) is 33.1 Å². The largest absolute Gasteiger partial charge is 0.481 e. The third kappa shape index (κ3) is 2.01. The van der Waals surface area contributed by atoms with Crippen LogP contribution in [-0.2, 0) is 9.53 Å². The number of nitrogens with one attached hydrogen (secondary N) is 1. The van der Waals surface area contributed by atoms with Crippen molar-refractivity contribution < 1.29 is 14.6 Å². The van der Waals surface area contributed by atoms with Crippen LogP contribution in [0.15, 0.2) is 0 Å². The molecule has 2 aliphatic heterocycles. The quantitative estimate of drug-likeness (QED) is 0.734. The summed E-state index contributed by atoms with van der Waals surface area (Å²) >= 11 is 0. The fourth-order valence-electron chi connectivity index (χ4n) is 2.47. The Morgan fingerprint density at radius 1 is 1.53 bits per heavy atom. The lowest BCUT2D eigenvalue weighted by molar-refractivity contribution is -0.156. The van der Waals surface area contributed by atoms with E-state index < -0.39 is 11.4 Å². The first-order chi connectivity index (χ1) is 6.94. The molecule has 15 heavy (non-hydrogen) atoms. The van der Waals surface area contributed by atoms with Gasteiger partial charge in [-0.1, -0.05) is 0 Å². The average molecular weight is 213 g/mol. The number of aliphatic carboxylic acids is 1. The van der Waals surface area contributed by atoms with Crippen molar-refractivity contribution in [1.82, 2.24) is 5.32 Å². The molecule has 4 heteroatoms. The molecule has 2 heterocycles. The number of hydrogen-bond donors (Lipinski definition) is 2. The molecule has 0 saturated carbocycles. The minimum absolute atomic E-state index is 0.0679. The van der Waals surface area contributed by atoms with Crippen molar-refractivity contribution in [2.24, 2.45) is 5.41 Å². The van der Waals surface area contributed by atoms with Crippen molar-refractivity contribution in [3.8, 4) is 0 Å². The molecule has 0 spiro atoms. The Kier molecular flexibility index (Phi) is 2.51. The molecule has 86 valence electrons. The van der Waals surface area contributed by atoms with Gasteiger partial charge in [-0.3, -0.25) is 4.79 Å². The van der Waals surface area contributed by atoms with Gasteiger partial charge in [0.2, 0.25) is 0 Å². The molecule has 0 aliphatic carbocycles. The summed E-state index contributed by atoms with van der Waals surface area (Å²) in [7, 11) is 0. The standard InChI is InChI=1S/C11H19NO3/c1-10(2)4-3-8(15-10)5-11(9(13)14)6-12-7-11/h8,12H,3-7H2,1-2H3,(H,13,14). The molecule has 2 N–H and O–H groups in total. The van der Waals surface area contributed by atoms with Gasteiger partial charge in [0.05, 0.1) is 17.1 Å². The Labute approximate surface area is 90.0 Å². The number of ether oxygens (including phenoxy) is 1. The van der Waals surface area contributed by atoms with Crippen LogP contribution in [0.25, 0.3) is 0 Å². The maximum atomic E-state index is 11.2. The van der Waals surface area contributed by atoms with Crippen molar-refractivity contribution in [3.63, 3.8) is 0 Å². The summed E-state index contributed by atoms with van der Waals surface area (Å²) in [5.74, 6) is -0.686. The molecule has 0 radical (unpaired) electrons. The average Bonchev–Trinajstić information content (AvgIpc) is 2.37. The van der Waals surface area contributed by atoms with Crippen LogP contribution >= 0.6 is 0 Å². The third-order valence-electron chi connectivity index (χ3n) is 3.55. The van der Waals surface area contributed by atoms with Crippen LogP contribution < -0.4 is 5.32 Å². The molecule has 0 aromatic rings. The highest BCUT2D eigenvalue weighted by atomic mass is 16.5. The lowest BCUT2D eigenvalue weighted by Gasteiger charge is -2.40. The predicted octanol–water partition coefficient (Wildman–Crippen LogP) is 1.01. The van der Waals surface area contributed by atoms with Crippen molar-refractivity contribution in [1.29, 1.82) is 0 Å². The molecular weight excluding hydrogens is 194 g/mol. The molecule has 2 rings (SSSR count). The highest BCUT2D eigenvalue weighted by Gasteiger charge is 2.48. The van der Waals surface area contributed by atoms with Gasteiger partial charge < -0.3 is 15.2 Å². The second kappa shape index (κ2) is 3.46. The molecule has 1 unspecified atom stereocenters. The lowest BCUT2D eigenvalue weighted by Crippen LogP contribution is -2.59. The summed E-state index contributed by atoms with van der Waals surface area (Å²) in [6.07, 6.45) is 2.79. The van der Waals surface area contributed by atoms with Crippen molar-refractivity contribution in [3.05, 3.63) is 0 Å². The van der Waals surface area contributed by atoms with Crippen molar-refractivity contribution >= 4 is 5.97 Å². The molecule has 0 amide bonds. The Bertz CT molecular complexity index is 271. The number of hydrogen-bond acceptors (Lipinski definition) is 3. The van der Waals surface area contributed by atoms with Crippen molar-refractivity contribution in [2.45, 2.75) is 44.8 Å².